The second-order valence-electron chi connectivity index (χ2n) is 17.8. The Morgan fingerprint density at radius 1 is 1.03 bits per heavy atom. The predicted octanol–water partition coefficient (Wildman–Crippen LogP) is 6.76. The number of hydrogen-bond acceptors (Lipinski definition) is 12. The molecule has 0 bridgehead atoms. The normalized spacial score (nSPS) is 17.3. The lowest BCUT2D eigenvalue weighted by Gasteiger charge is -2.35. The van der Waals surface area contributed by atoms with Crippen LogP contribution in [-0.2, 0) is 25.7 Å². The van der Waals surface area contributed by atoms with Gasteiger partial charge in [0.05, 0.1) is 40.0 Å². The van der Waals surface area contributed by atoms with E-state index in [4.69, 9.17) is 16.3 Å². The highest BCUT2D eigenvalue weighted by Gasteiger charge is 2.44. The molecular formula is C47H54ClF2N9O7S. The highest BCUT2D eigenvalue weighted by atomic mass is 35.5. The Morgan fingerprint density at radius 3 is 2.40 bits per heavy atom. The number of aliphatic hydroxyl groups is 1. The molecule has 2 fully saturated rings. The fourth-order valence-electron chi connectivity index (χ4n) is 8.12. The van der Waals surface area contributed by atoms with Crippen LogP contribution in [0.15, 0.2) is 78.6 Å². The summed E-state index contributed by atoms with van der Waals surface area (Å²) >= 11 is 6.41. The number of aliphatic hydroxyl groups excluding tert-OH is 1. The third-order valence-corrected chi connectivity index (χ3v) is 12.8. The van der Waals surface area contributed by atoms with Gasteiger partial charge in [-0.3, -0.25) is 24.3 Å². The highest BCUT2D eigenvalue weighted by Crippen LogP contribution is 2.33. The number of benzene rings is 2. The van der Waals surface area contributed by atoms with Gasteiger partial charge in [0.2, 0.25) is 17.7 Å². The number of nitrogens with one attached hydrogen (secondary N) is 4. The van der Waals surface area contributed by atoms with Gasteiger partial charge in [0.15, 0.2) is 0 Å². The number of halogens is 3. The number of rotatable bonds is 17. The summed E-state index contributed by atoms with van der Waals surface area (Å²) < 4.78 is 36.3. The predicted molar refractivity (Wildman–Crippen MR) is 250 cm³/mol. The molecule has 0 radical (unpaired) electrons. The number of H-pyrrole nitrogens is 1. The maximum atomic E-state index is 14.1. The number of β-amino-alcohol motifs (C(OH)–C–C–N with tert-alkyl or cyclic N) is 1. The Balaban J connectivity index is 0.871. The van der Waals surface area contributed by atoms with Crippen LogP contribution in [0.3, 0.4) is 0 Å². The first-order valence-electron chi connectivity index (χ1n) is 22.0. The van der Waals surface area contributed by atoms with Crippen molar-refractivity contribution in [2.24, 2.45) is 11.3 Å². The van der Waals surface area contributed by atoms with Gasteiger partial charge in [-0.15, -0.1) is 20.1 Å². The van der Waals surface area contributed by atoms with E-state index in [0.29, 0.717) is 42.5 Å². The van der Waals surface area contributed by atoms with E-state index < -0.39 is 41.0 Å². The van der Waals surface area contributed by atoms with E-state index >= 15 is 0 Å². The largest absolute Gasteiger partial charge is 0.487 e. The monoisotopic (exact) mass is 961 g/mol. The van der Waals surface area contributed by atoms with Gasteiger partial charge in [-0.05, 0) is 78.6 Å². The Bertz CT molecular complexity index is 2490. The molecule has 4 amide bonds. The topological polar surface area (TPSA) is 204 Å². The number of hydrogen-bond donors (Lipinski definition) is 5. The lowest BCUT2D eigenvalue weighted by atomic mass is 9.85. The summed E-state index contributed by atoms with van der Waals surface area (Å²) in [7, 11) is 0. The van der Waals surface area contributed by atoms with Crippen molar-refractivity contribution < 1.29 is 42.5 Å². The van der Waals surface area contributed by atoms with Crippen LogP contribution in [0, 0.1) is 18.3 Å². The zero-order valence-corrected chi connectivity index (χ0v) is 39.1. The molecule has 2 aliphatic heterocycles. The standard InChI is InChI=1S/C47H54ClF2N9O7S/c1-28-40(67-27-53-28)31-7-5-29(6-8-31)23-52-44(63)38-22-34(60)25-59(38)45(64)41(46(2,3)4)56-39(61)16-20-65-26-30-14-18-58(19-15-30)42-36(37-13-17-54-57-37)21-32(24-51-42)43(62)55-33-9-11-35(12-10-33)66-47(48,49)50/h5-13,17,21,24,27,30,34,38,41,60H,14-16,18-20,22-23,25-26H2,1-4H3,(H,52,63)(H,54,57)(H,55,62)(H,56,61)/t34-,38+,41?/m1/s1. The van der Waals surface area contributed by atoms with Crippen LogP contribution in [-0.4, -0.2) is 110 Å². The molecule has 3 aromatic heterocycles. The van der Waals surface area contributed by atoms with Crippen LogP contribution in [0.4, 0.5) is 20.3 Å². The van der Waals surface area contributed by atoms with Crippen molar-refractivity contribution in [1.82, 2.24) is 35.7 Å². The summed E-state index contributed by atoms with van der Waals surface area (Å²) in [6.07, 6.45) is 3.88. The smallest absolute Gasteiger partial charge is 0.420 e. The fourth-order valence-corrected chi connectivity index (χ4v) is 9.02. The van der Waals surface area contributed by atoms with Crippen molar-refractivity contribution in [2.45, 2.75) is 83.7 Å². The van der Waals surface area contributed by atoms with E-state index in [0.717, 1.165) is 34.5 Å². The number of aromatic nitrogens is 4. The molecule has 2 saturated heterocycles. The van der Waals surface area contributed by atoms with Crippen molar-refractivity contribution in [2.75, 3.05) is 43.1 Å². The average Bonchev–Trinajstić information content (AvgIpc) is 4.08. The molecule has 5 aromatic rings. The van der Waals surface area contributed by atoms with Gasteiger partial charge >= 0.3 is 5.57 Å². The van der Waals surface area contributed by atoms with E-state index in [2.05, 4.69) is 45.8 Å². The van der Waals surface area contributed by atoms with E-state index in [1.165, 1.54) is 35.4 Å². The Labute approximate surface area is 395 Å². The van der Waals surface area contributed by atoms with Gasteiger partial charge in [0.25, 0.3) is 5.91 Å². The van der Waals surface area contributed by atoms with Crippen LogP contribution >= 0.6 is 22.9 Å². The van der Waals surface area contributed by atoms with E-state index in [1.807, 2.05) is 52.0 Å². The maximum absolute atomic E-state index is 14.1. The Morgan fingerprint density at radius 2 is 1.76 bits per heavy atom. The second kappa shape index (κ2) is 21.3. The van der Waals surface area contributed by atoms with Crippen molar-refractivity contribution >= 4 is 58.1 Å². The first-order chi connectivity index (χ1) is 31.9. The summed E-state index contributed by atoms with van der Waals surface area (Å²) in [6.45, 7) is 9.60. The fraction of sp³-hybridized carbons (Fsp3) is 0.426. The molecule has 67 heavy (non-hydrogen) atoms. The van der Waals surface area contributed by atoms with Gasteiger partial charge in [-0.2, -0.15) is 5.10 Å². The summed E-state index contributed by atoms with van der Waals surface area (Å²) in [5.74, 6) is -0.914. The minimum Gasteiger partial charge on any atom is -0.420 e. The number of piperidine rings is 1. The SMILES string of the molecule is Cc1ncsc1-c1ccc(CNC(=O)[C@@H]2C[C@@H](O)CN2C(=O)C(NC(=O)CCOCC2CCN(c3ncc(C(=O)Nc4ccc(OC(F)(F)Cl)cc4)cc3-c3ccn[nH]3)CC2)C(C)(C)C)cc1. The quantitative estimate of drug-likeness (QED) is 0.0487. The van der Waals surface area contributed by atoms with Crippen LogP contribution in [0.2, 0.25) is 0 Å². The summed E-state index contributed by atoms with van der Waals surface area (Å²) in [6, 6.07) is 14.8. The molecule has 20 heteroatoms. The molecule has 2 aromatic carbocycles. The number of amides is 4. The van der Waals surface area contributed by atoms with E-state index in [-0.39, 0.29) is 61.6 Å². The number of ether oxygens (including phenoxy) is 2. The number of likely N-dealkylation sites (tertiary alicyclic amines) is 1. The molecule has 1 unspecified atom stereocenters. The molecule has 3 atom stereocenters. The lowest BCUT2D eigenvalue weighted by Crippen LogP contribution is -2.57. The molecule has 0 spiro atoms. The Hall–Kier alpha value is -6.02. The second-order valence-corrected chi connectivity index (χ2v) is 19.1. The number of alkyl halides is 3. The number of carbonyl (C=O) groups is 4. The molecule has 0 aliphatic carbocycles. The molecule has 0 saturated carbocycles. The number of anilines is 2. The van der Waals surface area contributed by atoms with Crippen molar-refractivity contribution in [1.29, 1.82) is 0 Å². The van der Waals surface area contributed by atoms with Gasteiger partial charge in [0.1, 0.15) is 23.7 Å². The zero-order chi connectivity index (χ0) is 47.9. The highest BCUT2D eigenvalue weighted by molar-refractivity contribution is 7.13. The molecule has 5 heterocycles. The minimum absolute atomic E-state index is 0.0217. The van der Waals surface area contributed by atoms with Crippen LogP contribution < -0.4 is 25.6 Å². The minimum atomic E-state index is -3.86. The number of thiazole rings is 1. The first-order valence-corrected chi connectivity index (χ1v) is 23.2. The number of carbonyl (C=O) groups excluding carboxylic acids is 4. The van der Waals surface area contributed by atoms with Gasteiger partial charge in [-0.25, -0.2) is 9.97 Å². The lowest BCUT2D eigenvalue weighted by molar-refractivity contribution is -0.144. The number of aryl methyl sites for hydroxylation is 1. The molecular weight excluding hydrogens is 908 g/mol. The van der Waals surface area contributed by atoms with E-state index in [1.54, 1.807) is 35.2 Å². The molecule has 7 rings (SSSR count). The van der Waals surface area contributed by atoms with Crippen LogP contribution in [0.5, 0.6) is 5.75 Å². The third kappa shape index (κ3) is 12.9. The first kappa shape index (κ1) is 48.9. The van der Waals surface area contributed by atoms with Gasteiger partial charge < -0.3 is 40.3 Å². The van der Waals surface area contributed by atoms with Gasteiger partial charge in [0, 0.05) is 80.9 Å². The van der Waals surface area contributed by atoms with E-state index in [9.17, 15) is 33.1 Å². The summed E-state index contributed by atoms with van der Waals surface area (Å²) in [5, 5.41) is 26.2. The summed E-state index contributed by atoms with van der Waals surface area (Å²) in [5.41, 5.74) is 2.09. The molecule has 2 aliphatic rings. The van der Waals surface area contributed by atoms with Crippen LogP contribution in [0.1, 0.15) is 68.1 Å². The maximum Gasteiger partial charge on any atom is 0.487 e. The van der Waals surface area contributed by atoms with Crippen molar-refractivity contribution in [3.63, 3.8) is 0 Å². The molecule has 356 valence electrons. The van der Waals surface area contributed by atoms with Crippen molar-refractivity contribution in [3.8, 4) is 27.4 Å². The average molecular weight is 963 g/mol. The summed E-state index contributed by atoms with van der Waals surface area (Å²) in [4.78, 5) is 67.7. The van der Waals surface area contributed by atoms with Crippen LogP contribution in [0.25, 0.3) is 21.7 Å². The van der Waals surface area contributed by atoms with Gasteiger partial charge in [-0.1, -0.05) is 45.0 Å². The zero-order valence-electron chi connectivity index (χ0n) is 37.6. The molecule has 5 N–H and O–H groups in total. The number of aromatic amines is 1. The Kier molecular flexibility index (Phi) is 15.5. The van der Waals surface area contributed by atoms with Crippen molar-refractivity contribution in [3.05, 3.63) is 95.4 Å². The molecule has 16 nitrogen and oxygen atoms in total. The number of pyridine rings is 1. The number of nitrogens with zero attached hydrogens (tertiary/aromatic N) is 5. The third-order valence-electron chi connectivity index (χ3n) is 11.7.